The molecule has 2 rings (SSSR count). The highest BCUT2D eigenvalue weighted by molar-refractivity contribution is 5.91. The first-order valence-electron chi connectivity index (χ1n) is 15.7. The first-order chi connectivity index (χ1) is 20.2. The topological polar surface area (TPSA) is 78.9 Å². The zero-order valence-electron chi connectivity index (χ0n) is 26.6. The molecule has 232 valence electrons. The molecule has 0 spiro atoms. The normalized spacial score (nSPS) is 16.2. The monoisotopic (exact) mass is 580 g/mol. The number of allylic oxidation sites excluding steroid dienone is 6. The Bertz CT molecular complexity index is 1110. The van der Waals surface area contributed by atoms with Gasteiger partial charge in [-0.3, -0.25) is 14.4 Å². The van der Waals surface area contributed by atoms with Crippen LogP contribution in [0.2, 0.25) is 0 Å². The minimum atomic E-state index is -0.741. The van der Waals surface area contributed by atoms with Crippen molar-refractivity contribution in [3.63, 3.8) is 0 Å². The summed E-state index contributed by atoms with van der Waals surface area (Å²) in [5, 5.41) is 0. The van der Waals surface area contributed by atoms with Crippen LogP contribution in [0.15, 0.2) is 42.0 Å². The average molecular weight is 581 g/mol. The smallest absolute Gasteiger partial charge is 0.306 e. The van der Waals surface area contributed by atoms with Crippen LogP contribution in [0.25, 0.3) is 0 Å². The van der Waals surface area contributed by atoms with Crippen molar-refractivity contribution < 1.29 is 28.6 Å². The quantitative estimate of drug-likeness (QED) is 0.0503. The fourth-order valence-electron chi connectivity index (χ4n) is 5.21. The number of fused-ring (bicyclic) bond motifs is 1. The maximum absolute atomic E-state index is 12.5. The minimum Gasteiger partial charge on any atom is -0.496 e. The number of carbonyl (C=O) groups excluding carboxylic acids is 3. The van der Waals surface area contributed by atoms with Crippen LogP contribution in [0.1, 0.15) is 133 Å². The molecular formula is C36H52O6. The van der Waals surface area contributed by atoms with Crippen LogP contribution in [-0.4, -0.2) is 30.7 Å². The van der Waals surface area contributed by atoms with E-state index in [9.17, 15) is 14.4 Å². The second-order valence-electron chi connectivity index (χ2n) is 11.8. The number of rotatable bonds is 20. The number of unbranched alkanes of at least 4 members (excludes halogenated alkanes) is 7. The van der Waals surface area contributed by atoms with Gasteiger partial charge < -0.3 is 14.2 Å². The van der Waals surface area contributed by atoms with E-state index in [1.165, 1.54) is 25.7 Å². The van der Waals surface area contributed by atoms with Crippen molar-refractivity contribution in [1.29, 1.82) is 0 Å². The van der Waals surface area contributed by atoms with E-state index in [1.54, 1.807) is 19.3 Å². The summed E-state index contributed by atoms with van der Waals surface area (Å²) in [7, 11) is 1.57. The molecule has 0 bridgehead atoms. The van der Waals surface area contributed by atoms with Crippen LogP contribution in [0.5, 0.6) is 11.5 Å². The van der Waals surface area contributed by atoms with E-state index in [2.05, 4.69) is 31.2 Å². The lowest BCUT2D eigenvalue weighted by atomic mass is 9.86. The van der Waals surface area contributed by atoms with E-state index in [0.717, 1.165) is 55.9 Å². The number of aldehydes is 1. The second-order valence-corrected chi connectivity index (χ2v) is 11.8. The van der Waals surface area contributed by atoms with Crippen molar-refractivity contribution in [2.45, 2.75) is 130 Å². The number of benzene rings is 1. The highest BCUT2D eigenvalue weighted by Crippen LogP contribution is 2.43. The summed E-state index contributed by atoms with van der Waals surface area (Å²) < 4.78 is 17.5. The Balaban J connectivity index is 1.82. The third-order valence-electron chi connectivity index (χ3n) is 7.53. The summed E-state index contributed by atoms with van der Waals surface area (Å²) in [6.45, 7) is 7.85. The number of carbonyl (C=O) groups is 3. The van der Waals surface area contributed by atoms with E-state index in [-0.39, 0.29) is 24.8 Å². The molecule has 1 aliphatic heterocycles. The van der Waals surface area contributed by atoms with Gasteiger partial charge in [-0.25, -0.2) is 0 Å². The predicted molar refractivity (Wildman–Crippen MR) is 169 cm³/mol. The SMILES string of the molecule is CCCCCC=CCC=CCCCCCCC(=O)OCc1cc(OC)c2c(c1C=O)O[C@@](C)(CC(=O)C=C(C)C)CC2. The standard InChI is InChI=1S/C36H52O6/c1-6-7-8-9-10-11-12-13-14-15-16-17-18-19-20-34(39)41-27-29-24-33(40-5)31-21-22-36(4,25-30(38)23-28(2)3)42-35(31)32(29)26-37/h10-11,13-14,23-24,26H,6-9,12,15-22,25,27H2,1-5H3/t36-/m1/s1. The van der Waals surface area contributed by atoms with Gasteiger partial charge in [0, 0.05) is 24.0 Å². The van der Waals surface area contributed by atoms with Gasteiger partial charge in [0.25, 0.3) is 0 Å². The Kier molecular flexibility index (Phi) is 16.0. The molecule has 0 fully saturated rings. The fraction of sp³-hybridized carbons (Fsp3) is 0.583. The highest BCUT2D eigenvalue weighted by atomic mass is 16.5. The fourth-order valence-corrected chi connectivity index (χ4v) is 5.21. The van der Waals surface area contributed by atoms with Crippen molar-refractivity contribution in [2.75, 3.05) is 7.11 Å². The number of hydrogen-bond donors (Lipinski definition) is 0. The van der Waals surface area contributed by atoms with Crippen LogP contribution in [-0.2, 0) is 27.4 Å². The zero-order chi connectivity index (χ0) is 30.8. The van der Waals surface area contributed by atoms with E-state index in [0.29, 0.717) is 41.9 Å². The van der Waals surface area contributed by atoms with E-state index >= 15 is 0 Å². The van der Waals surface area contributed by atoms with Gasteiger partial charge in [0.15, 0.2) is 12.1 Å². The Hall–Kier alpha value is -3.15. The summed E-state index contributed by atoms with van der Waals surface area (Å²) >= 11 is 0. The molecule has 0 aliphatic carbocycles. The molecule has 0 saturated heterocycles. The molecule has 6 nitrogen and oxygen atoms in total. The second kappa shape index (κ2) is 19.1. The molecular weight excluding hydrogens is 528 g/mol. The van der Waals surface area contributed by atoms with Gasteiger partial charge in [0.05, 0.1) is 12.7 Å². The van der Waals surface area contributed by atoms with Crippen molar-refractivity contribution in [3.05, 3.63) is 58.7 Å². The van der Waals surface area contributed by atoms with Gasteiger partial charge in [-0.1, -0.05) is 62.5 Å². The molecule has 0 radical (unpaired) electrons. The maximum Gasteiger partial charge on any atom is 0.306 e. The Morgan fingerprint density at radius 2 is 1.69 bits per heavy atom. The molecule has 1 heterocycles. The van der Waals surface area contributed by atoms with Crippen LogP contribution in [0, 0.1) is 0 Å². The molecule has 1 atom stereocenters. The highest BCUT2D eigenvalue weighted by Gasteiger charge is 2.37. The zero-order valence-corrected chi connectivity index (χ0v) is 26.6. The van der Waals surface area contributed by atoms with Gasteiger partial charge in [0.2, 0.25) is 0 Å². The summed E-state index contributed by atoms with van der Waals surface area (Å²) in [6, 6.07) is 1.76. The Morgan fingerprint density at radius 3 is 2.33 bits per heavy atom. The molecule has 6 heteroatoms. The molecule has 42 heavy (non-hydrogen) atoms. The molecule has 0 amide bonds. The van der Waals surface area contributed by atoms with E-state index in [4.69, 9.17) is 14.2 Å². The summed E-state index contributed by atoms with van der Waals surface area (Å²) in [6.07, 6.45) is 24.2. The summed E-state index contributed by atoms with van der Waals surface area (Å²) in [5.74, 6) is 0.720. The summed E-state index contributed by atoms with van der Waals surface area (Å²) in [4.78, 5) is 37.1. The van der Waals surface area contributed by atoms with Gasteiger partial charge in [-0.15, -0.1) is 0 Å². The van der Waals surface area contributed by atoms with Crippen LogP contribution in [0.3, 0.4) is 0 Å². The first kappa shape index (κ1) is 35.0. The molecule has 0 unspecified atom stereocenters. The van der Waals surface area contributed by atoms with Crippen LogP contribution < -0.4 is 9.47 Å². The molecule has 1 aliphatic rings. The predicted octanol–water partition coefficient (Wildman–Crippen LogP) is 8.98. The molecule has 1 aromatic carbocycles. The number of hydrogen-bond acceptors (Lipinski definition) is 6. The minimum absolute atomic E-state index is 0.0111. The number of ether oxygens (including phenoxy) is 3. The Labute approximate surface area is 253 Å². The summed E-state index contributed by atoms with van der Waals surface area (Å²) in [5.41, 5.74) is 1.88. The van der Waals surface area contributed by atoms with Gasteiger partial charge in [-0.2, -0.15) is 0 Å². The van der Waals surface area contributed by atoms with Crippen molar-refractivity contribution in [3.8, 4) is 11.5 Å². The maximum atomic E-state index is 12.5. The lowest BCUT2D eigenvalue weighted by molar-refractivity contribution is -0.145. The molecule has 1 aromatic rings. The van der Waals surface area contributed by atoms with Gasteiger partial charge in [-0.05, 0) is 84.3 Å². The van der Waals surface area contributed by atoms with Gasteiger partial charge >= 0.3 is 5.97 Å². The largest absolute Gasteiger partial charge is 0.496 e. The Morgan fingerprint density at radius 1 is 1.00 bits per heavy atom. The molecule has 0 aromatic heterocycles. The number of ketones is 1. The van der Waals surface area contributed by atoms with Crippen molar-refractivity contribution >= 4 is 18.0 Å². The van der Waals surface area contributed by atoms with Crippen molar-refractivity contribution in [1.82, 2.24) is 0 Å². The van der Waals surface area contributed by atoms with E-state index < -0.39 is 5.60 Å². The van der Waals surface area contributed by atoms with Crippen molar-refractivity contribution in [2.24, 2.45) is 0 Å². The lowest BCUT2D eigenvalue weighted by Gasteiger charge is -2.37. The number of methoxy groups -OCH3 is 1. The lowest BCUT2D eigenvalue weighted by Crippen LogP contribution is -2.39. The van der Waals surface area contributed by atoms with Gasteiger partial charge in [0.1, 0.15) is 23.7 Å². The average Bonchev–Trinajstić information content (AvgIpc) is 2.94. The molecule has 0 N–H and O–H groups in total. The molecule has 0 saturated carbocycles. The van der Waals surface area contributed by atoms with Crippen LogP contribution in [0.4, 0.5) is 0 Å². The van der Waals surface area contributed by atoms with E-state index in [1.807, 2.05) is 20.8 Å². The van der Waals surface area contributed by atoms with Crippen LogP contribution >= 0.6 is 0 Å². The third-order valence-corrected chi connectivity index (χ3v) is 7.53. The third kappa shape index (κ3) is 12.4. The number of esters is 1. The first-order valence-corrected chi connectivity index (χ1v) is 15.7.